The van der Waals surface area contributed by atoms with E-state index in [9.17, 15) is 4.79 Å². The normalized spacial score (nSPS) is 10.5. The summed E-state index contributed by atoms with van der Waals surface area (Å²) in [5.74, 6) is 0.178. The molecule has 0 bridgehead atoms. The molecule has 1 aromatic carbocycles. The molecule has 1 heterocycles. The predicted octanol–water partition coefficient (Wildman–Crippen LogP) is 4.85. The summed E-state index contributed by atoms with van der Waals surface area (Å²) in [5, 5.41) is 0.586. The third kappa shape index (κ3) is 4.71. The van der Waals surface area contributed by atoms with Crippen LogP contribution in [0.3, 0.4) is 0 Å². The molecule has 0 aliphatic carbocycles. The van der Waals surface area contributed by atoms with Crippen LogP contribution in [0.1, 0.15) is 21.8 Å². The lowest BCUT2D eigenvalue weighted by Gasteiger charge is -2.08. The molecule has 0 atom stereocenters. The maximum atomic E-state index is 11.6. The van der Waals surface area contributed by atoms with Crippen molar-refractivity contribution in [2.45, 2.75) is 12.8 Å². The van der Waals surface area contributed by atoms with E-state index in [1.807, 2.05) is 18.2 Å². The van der Waals surface area contributed by atoms with Crippen LogP contribution in [0, 0.1) is 3.57 Å². The molecule has 4 nitrogen and oxygen atoms in total. The molecule has 0 unspecified atom stereocenters. The van der Waals surface area contributed by atoms with Crippen LogP contribution in [0.5, 0.6) is 5.75 Å². The van der Waals surface area contributed by atoms with Gasteiger partial charge in [0.25, 0.3) is 0 Å². The Morgan fingerprint density at radius 1 is 1.41 bits per heavy atom. The first-order valence-electron chi connectivity index (χ1n) is 6.32. The van der Waals surface area contributed by atoms with E-state index in [1.165, 1.54) is 18.4 Å². The fourth-order valence-corrected chi connectivity index (χ4v) is 3.84. The number of aromatic nitrogens is 1. The molecule has 0 aliphatic heterocycles. The number of aryl methyl sites for hydroxylation is 1. The Hall–Kier alpha value is -0.570. The Balaban J connectivity index is 1.90. The highest BCUT2D eigenvalue weighted by Crippen LogP contribution is 2.27. The number of halogens is 3. The third-order valence-corrected chi connectivity index (χ3v) is 4.94. The first kappa shape index (κ1) is 17.8. The van der Waals surface area contributed by atoms with Crippen LogP contribution in [0.4, 0.5) is 0 Å². The van der Waals surface area contributed by atoms with Gasteiger partial charge in [0.1, 0.15) is 5.75 Å². The highest BCUT2D eigenvalue weighted by atomic mass is 127. The fourth-order valence-electron chi connectivity index (χ4n) is 1.76. The molecule has 0 radical (unpaired) electrons. The molecule has 22 heavy (non-hydrogen) atoms. The summed E-state index contributed by atoms with van der Waals surface area (Å²) in [6, 6.07) is 5.61. The molecule has 0 amide bonds. The van der Waals surface area contributed by atoms with Crippen molar-refractivity contribution in [3.63, 3.8) is 0 Å². The smallest absolute Gasteiger partial charge is 0.357 e. The van der Waals surface area contributed by atoms with Gasteiger partial charge in [-0.2, -0.15) is 0 Å². The number of ether oxygens (including phenoxy) is 2. The molecule has 0 saturated carbocycles. The average Bonchev–Trinajstić information content (AvgIpc) is 2.85. The SMILES string of the molecule is COC(=O)c1nc(Cl)sc1CCCOc1ccc(I)cc1Cl. The van der Waals surface area contributed by atoms with Gasteiger partial charge in [-0.25, -0.2) is 9.78 Å². The monoisotopic (exact) mass is 471 g/mol. The van der Waals surface area contributed by atoms with Gasteiger partial charge in [0, 0.05) is 8.45 Å². The van der Waals surface area contributed by atoms with E-state index in [-0.39, 0.29) is 5.69 Å². The highest BCUT2D eigenvalue weighted by molar-refractivity contribution is 14.1. The Morgan fingerprint density at radius 3 is 2.86 bits per heavy atom. The minimum absolute atomic E-state index is 0.282. The van der Waals surface area contributed by atoms with Gasteiger partial charge in [-0.15, -0.1) is 11.3 Å². The molecule has 2 rings (SSSR count). The van der Waals surface area contributed by atoms with Gasteiger partial charge in [-0.3, -0.25) is 0 Å². The minimum atomic E-state index is -0.472. The standard InChI is InChI=1S/C14H12Cl2INO3S/c1-20-13(19)12-11(22-14(16)18-12)3-2-6-21-10-5-4-8(17)7-9(10)15/h4-5,7H,2-3,6H2,1H3. The van der Waals surface area contributed by atoms with E-state index in [0.29, 0.717) is 34.7 Å². The fraction of sp³-hybridized carbons (Fsp3) is 0.286. The minimum Gasteiger partial charge on any atom is -0.492 e. The topological polar surface area (TPSA) is 48.4 Å². The maximum Gasteiger partial charge on any atom is 0.357 e. The van der Waals surface area contributed by atoms with E-state index in [2.05, 4.69) is 32.3 Å². The van der Waals surface area contributed by atoms with Crippen LogP contribution in [0.15, 0.2) is 18.2 Å². The summed E-state index contributed by atoms with van der Waals surface area (Å²) < 4.78 is 11.7. The lowest BCUT2D eigenvalue weighted by molar-refractivity contribution is 0.0593. The zero-order valence-corrected chi connectivity index (χ0v) is 16.1. The Labute approximate surface area is 155 Å². The molecule has 0 saturated heterocycles. The number of benzene rings is 1. The van der Waals surface area contributed by atoms with E-state index in [0.717, 1.165) is 8.45 Å². The quantitative estimate of drug-likeness (QED) is 0.343. The molecular weight excluding hydrogens is 460 g/mol. The van der Waals surface area contributed by atoms with Gasteiger partial charge >= 0.3 is 5.97 Å². The van der Waals surface area contributed by atoms with Crippen LogP contribution in [-0.4, -0.2) is 24.7 Å². The number of nitrogens with zero attached hydrogens (tertiary/aromatic N) is 1. The molecule has 0 aliphatic rings. The first-order chi connectivity index (χ1) is 10.5. The second kappa shape index (κ2) is 8.33. The number of carbonyl (C=O) groups is 1. The maximum absolute atomic E-state index is 11.6. The van der Waals surface area contributed by atoms with Gasteiger partial charge < -0.3 is 9.47 Å². The number of hydrogen-bond acceptors (Lipinski definition) is 5. The van der Waals surface area contributed by atoms with E-state index in [4.69, 9.17) is 27.9 Å². The van der Waals surface area contributed by atoms with Crippen molar-refractivity contribution < 1.29 is 14.3 Å². The Kier molecular flexibility index (Phi) is 6.73. The molecule has 0 spiro atoms. The second-order valence-electron chi connectivity index (χ2n) is 4.26. The van der Waals surface area contributed by atoms with Gasteiger partial charge in [0.15, 0.2) is 10.2 Å². The second-order valence-corrected chi connectivity index (χ2v) is 7.58. The van der Waals surface area contributed by atoms with Gasteiger partial charge in [-0.1, -0.05) is 23.2 Å². The largest absolute Gasteiger partial charge is 0.492 e. The Morgan fingerprint density at radius 2 is 2.18 bits per heavy atom. The lowest BCUT2D eigenvalue weighted by Crippen LogP contribution is -2.06. The van der Waals surface area contributed by atoms with Crippen LogP contribution < -0.4 is 4.74 Å². The van der Waals surface area contributed by atoms with Gasteiger partial charge in [-0.05, 0) is 53.6 Å². The van der Waals surface area contributed by atoms with Crippen molar-refractivity contribution in [3.05, 3.63) is 41.8 Å². The summed E-state index contributed by atoms with van der Waals surface area (Å²) in [6.45, 7) is 0.483. The van der Waals surface area contributed by atoms with Crippen molar-refractivity contribution >= 4 is 63.1 Å². The number of methoxy groups -OCH3 is 1. The zero-order valence-electron chi connectivity index (χ0n) is 11.6. The highest BCUT2D eigenvalue weighted by Gasteiger charge is 2.17. The summed E-state index contributed by atoms with van der Waals surface area (Å²) in [5.41, 5.74) is 0.282. The number of esters is 1. The molecule has 2 aromatic rings. The number of hydrogen-bond donors (Lipinski definition) is 0. The molecule has 1 aromatic heterocycles. The number of carbonyl (C=O) groups excluding carboxylic acids is 1. The lowest BCUT2D eigenvalue weighted by atomic mass is 10.2. The van der Waals surface area contributed by atoms with Crippen molar-refractivity contribution in [3.8, 4) is 5.75 Å². The van der Waals surface area contributed by atoms with E-state index in [1.54, 1.807) is 0 Å². The number of rotatable bonds is 6. The van der Waals surface area contributed by atoms with E-state index >= 15 is 0 Å². The summed E-state index contributed by atoms with van der Waals surface area (Å²) >= 11 is 15.4. The van der Waals surface area contributed by atoms with Crippen molar-refractivity contribution in [2.24, 2.45) is 0 Å². The summed E-state index contributed by atoms with van der Waals surface area (Å²) in [7, 11) is 1.32. The summed E-state index contributed by atoms with van der Waals surface area (Å²) in [6.07, 6.45) is 1.35. The van der Waals surface area contributed by atoms with Crippen LogP contribution >= 0.6 is 57.1 Å². The van der Waals surface area contributed by atoms with Crippen molar-refractivity contribution in [1.29, 1.82) is 0 Å². The third-order valence-electron chi connectivity index (χ3n) is 2.75. The molecule has 118 valence electrons. The summed E-state index contributed by atoms with van der Waals surface area (Å²) in [4.78, 5) is 16.4. The molecule has 0 N–H and O–H groups in total. The van der Waals surface area contributed by atoms with Crippen LogP contribution in [-0.2, 0) is 11.2 Å². The molecule has 0 fully saturated rings. The van der Waals surface area contributed by atoms with Crippen molar-refractivity contribution in [2.75, 3.05) is 13.7 Å². The van der Waals surface area contributed by atoms with Crippen LogP contribution in [0.25, 0.3) is 0 Å². The van der Waals surface area contributed by atoms with Gasteiger partial charge in [0.2, 0.25) is 0 Å². The van der Waals surface area contributed by atoms with Crippen molar-refractivity contribution in [1.82, 2.24) is 4.98 Å². The molecule has 8 heteroatoms. The predicted molar refractivity (Wildman–Crippen MR) is 96.4 cm³/mol. The van der Waals surface area contributed by atoms with E-state index < -0.39 is 5.97 Å². The van der Waals surface area contributed by atoms with Gasteiger partial charge in [0.05, 0.1) is 18.7 Å². The van der Waals surface area contributed by atoms with Crippen LogP contribution in [0.2, 0.25) is 9.49 Å². The Bertz CT molecular complexity index is 678. The first-order valence-corrected chi connectivity index (χ1v) is 8.97. The average molecular weight is 472 g/mol. The number of thiazole rings is 1. The molecular formula is C14H12Cl2INO3S. The zero-order chi connectivity index (χ0) is 16.1.